The molecular weight excluding hydrogens is 689 g/mol. The number of carbonyl (C=O) groups excluding carboxylic acids is 3. The highest BCUT2D eigenvalue weighted by Gasteiger charge is 2.61. The van der Waals surface area contributed by atoms with Gasteiger partial charge in [-0.05, 0) is 53.5 Å². The Bertz CT molecular complexity index is 1850. The molecule has 272 valence electrons. The van der Waals surface area contributed by atoms with Crippen molar-refractivity contribution < 1.29 is 61.1 Å². The first-order valence-corrected chi connectivity index (χ1v) is 17.1. The van der Waals surface area contributed by atoms with Gasteiger partial charge in [-0.3, -0.25) is 18.9 Å². The van der Waals surface area contributed by atoms with E-state index in [9.17, 15) is 32.5 Å². The summed E-state index contributed by atoms with van der Waals surface area (Å²) >= 11 is 0. The van der Waals surface area contributed by atoms with Gasteiger partial charge in [0.15, 0.2) is 11.3 Å². The summed E-state index contributed by atoms with van der Waals surface area (Å²) in [4.78, 5) is 79.7. The van der Waals surface area contributed by atoms with Crippen LogP contribution in [-0.2, 0) is 35.5 Å². The second kappa shape index (κ2) is 13.7. The molecule has 3 aliphatic heterocycles. The Hall–Kier alpha value is -4.38. The first kappa shape index (κ1) is 36.9. The Morgan fingerprint density at radius 3 is 2.58 bits per heavy atom. The summed E-state index contributed by atoms with van der Waals surface area (Å²) < 4.78 is 60.4. The zero-order chi connectivity index (χ0) is 36.8. The molecule has 0 radical (unpaired) electrons. The second-order valence-electron chi connectivity index (χ2n) is 12.8. The number of halogens is 2. The number of ether oxygens (including phenoxy) is 3. The molecule has 5 rings (SSSR count). The van der Waals surface area contributed by atoms with Gasteiger partial charge in [0.25, 0.3) is 11.8 Å². The van der Waals surface area contributed by atoms with Crippen molar-refractivity contribution in [3.63, 3.8) is 0 Å². The molecule has 3 N–H and O–H groups in total. The first-order valence-electron chi connectivity index (χ1n) is 15.6. The summed E-state index contributed by atoms with van der Waals surface area (Å²) in [6.07, 6.45) is -1.23. The van der Waals surface area contributed by atoms with E-state index in [2.05, 4.69) is 15.0 Å². The number of pyridine rings is 1. The Morgan fingerprint density at radius 2 is 1.94 bits per heavy atom. The van der Waals surface area contributed by atoms with Crippen molar-refractivity contribution in [3.05, 3.63) is 63.1 Å². The first-order chi connectivity index (χ1) is 23.4. The van der Waals surface area contributed by atoms with Gasteiger partial charge in [0, 0.05) is 43.4 Å². The third kappa shape index (κ3) is 7.10. The van der Waals surface area contributed by atoms with Crippen LogP contribution in [0.4, 0.5) is 13.6 Å². The van der Waals surface area contributed by atoms with Gasteiger partial charge < -0.3 is 43.6 Å². The van der Waals surface area contributed by atoms with Crippen LogP contribution in [0.15, 0.2) is 34.3 Å². The maximum absolute atomic E-state index is 14.3. The maximum atomic E-state index is 14.3. The van der Waals surface area contributed by atoms with Crippen molar-refractivity contribution >= 4 is 31.5 Å². The summed E-state index contributed by atoms with van der Waals surface area (Å²) in [5.41, 5.74) is -3.30. The zero-order valence-corrected chi connectivity index (χ0v) is 28.7. The Balaban J connectivity index is 1.51. The minimum absolute atomic E-state index is 0.0580. The average molecular weight is 727 g/mol. The van der Waals surface area contributed by atoms with E-state index < -0.39 is 90.9 Å². The monoisotopic (exact) mass is 726 g/mol. The average Bonchev–Trinajstić information content (AvgIpc) is 3.38. The zero-order valence-electron chi connectivity index (χ0n) is 27.8. The number of amides is 2. The molecule has 5 atom stereocenters. The molecule has 0 aliphatic carbocycles. The van der Waals surface area contributed by atoms with Gasteiger partial charge in [-0.25, -0.2) is 18.1 Å². The fourth-order valence-electron chi connectivity index (χ4n) is 6.40. The fraction of sp³-hybridized carbons (Fsp3) is 0.516. The number of oxime groups is 1. The van der Waals surface area contributed by atoms with Crippen LogP contribution in [0.2, 0.25) is 0 Å². The fourth-order valence-corrected chi connectivity index (χ4v) is 7.01. The summed E-state index contributed by atoms with van der Waals surface area (Å²) in [6, 6.07) is 2.49. The van der Waals surface area contributed by atoms with Crippen molar-refractivity contribution in [2.45, 2.75) is 89.8 Å². The molecule has 0 saturated carbocycles. The van der Waals surface area contributed by atoms with E-state index in [0.717, 1.165) is 12.1 Å². The van der Waals surface area contributed by atoms with Crippen molar-refractivity contribution in [1.82, 2.24) is 14.8 Å². The van der Waals surface area contributed by atoms with Crippen LogP contribution in [0.1, 0.15) is 80.3 Å². The predicted octanol–water partition coefficient (Wildman–Crippen LogP) is 3.32. The molecule has 0 unspecified atom stereocenters. The summed E-state index contributed by atoms with van der Waals surface area (Å²) in [5.74, 6) is -3.94. The summed E-state index contributed by atoms with van der Waals surface area (Å²) in [7, 11) is -4.89. The highest BCUT2D eigenvalue weighted by molar-refractivity contribution is 7.46. The van der Waals surface area contributed by atoms with Crippen LogP contribution in [0.25, 0.3) is 0 Å². The topological polar surface area (TPSA) is 205 Å². The number of benzene rings is 1. The quantitative estimate of drug-likeness (QED) is 0.183. The van der Waals surface area contributed by atoms with Gasteiger partial charge in [0.05, 0.1) is 5.71 Å². The minimum atomic E-state index is -4.89. The molecule has 2 amide bonds. The Morgan fingerprint density at radius 1 is 1.22 bits per heavy atom. The number of aromatic nitrogens is 1. The van der Waals surface area contributed by atoms with Gasteiger partial charge in [-0.2, -0.15) is 0 Å². The van der Waals surface area contributed by atoms with Crippen molar-refractivity contribution in [1.29, 1.82) is 0 Å². The van der Waals surface area contributed by atoms with E-state index in [1.807, 2.05) is 13.8 Å². The number of phosphoric ester groups is 1. The number of carbonyl (C=O) groups is 3. The molecule has 1 aromatic heterocycles. The molecule has 3 aliphatic rings. The molecule has 4 heterocycles. The highest BCUT2D eigenvalue weighted by Crippen LogP contribution is 2.50. The van der Waals surface area contributed by atoms with Crippen molar-refractivity contribution in [2.24, 2.45) is 5.16 Å². The van der Waals surface area contributed by atoms with E-state index in [4.69, 9.17) is 28.8 Å². The third-order valence-corrected chi connectivity index (χ3v) is 9.97. The van der Waals surface area contributed by atoms with Crippen LogP contribution < -0.4 is 15.5 Å². The number of phosphoric acid groups is 1. The number of fused-ring (bicyclic) bond motifs is 5. The lowest BCUT2D eigenvalue weighted by atomic mass is 9.74. The molecule has 1 saturated heterocycles. The maximum Gasteiger partial charge on any atom is 0.511 e. The number of nitrogens with zero attached hydrogens (tertiary/aromatic N) is 3. The molecule has 19 heteroatoms. The molecule has 2 bridgehead atoms. The molecule has 1 spiro atoms. The lowest BCUT2D eigenvalue weighted by Crippen LogP contribution is -2.63. The number of rotatable bonds is 10. The normalized spacial score (nSPS) is 24.0. The summed E-state index contributed by atoms with van der Waals surface area (Å²) in [5, 5.41) is 6.65. The van der Waals surface area contributed by atoms with Gasteiger partial charge >= 0.3 is 14.0 Å². The van der Waals surface area contributed by atoms with E-state index in [0.29, 0.717) is 31.0 Å². The highest BCUT2D eigenvalue weighted by atomic mass is 31.2. The second-order valence-corrected chi connectivity index (χ2v) is 14.0. The lowest BCUT2D eigenvalue weighted by Gasteiger charge is -2.50. The third-order valence-electron chi connectivity index (χ3n) is 9.36. The molecule has 1 fully saturated rings. The largest absolute Gasteiger partial charge is 0.511 e. The van der Waals surface area contributed by atoms with Crippen LogP contribution in [0.5, 0.6) is 5.75 Å². The molecule has 16 nitrogen and oxygen atoms in total. The lowest BCUT2D eigenvalue weighted by molar-refractivity contribution is -0.110. The van der Waals surface area contributed by atoms with Gasteiger partial charge in [0.1, 0.15) is 34.9 Å². The number of nitrogens with one attached hydrogen (secondary N) is 1. The van der Waals surface area contributed by atoms with E-state index in [1.165, 1.54) is 24.6 Å². The predicted molar refractivity (Wildman–Crippen MR) is 168 cm³/mol. The van der Waals surface area contributed by atoms with Crippen LogP contribution in [0, 0.1) is 11.6 Å². The minimum Gasteiger partial charge on any atom is -0.451 e. The van der Waals surface area contributed by atoms with Gasteiger partial charge in [-0.1, -0.05) is 11.2 Å². The molecule has 2 aromatic rings. The van der Waals surface area contributed by atoms with E-state index in [1.54, 1.807) is 11.8 Å². The van der Waals surface area contributed by atoms with Crippen molar-refractivity contribution in [2.75, 3.05) is 13.3 Å². The number of hydrogen-bond acceptors (Lipinski definition) is 11. The SMILES string of the molecule is CC1=NO[C@@]2(CC[C@H](C)N3C[C@@]2(C)n2cc(C(=O)NCc4ccc(F)cc4F)c(=O)c(OCOC(=O)O[C@@H](C)[C@H](C)OP(=O)(O)O)c2C3=O)C1. The summed E-state index contributed by atoms with van der Waals surface area (Å²) in [6.45, 7) is 6.69. The van der Waals surface area contributed by atoms with Crippen LogP contribution >= 0.6 is 7.82 Å². The number of hydrogen-bond donors (Lipinski definition) is 3. The smallest absolute Gasteiger partial charge is 0.451 e. The standard InChI is InChI=1S/C31H37F2N4O12P/c1-16-11-31(49-35-16)9-8-17(2)36-14-30(31,5)37-13-22(27(39)34-12-20-6-7-21(32)10-23(20)33)25(38)26(24(37)28(36)40)45-15-46-29(41)47-18(3)19(4)48-50(42,43)44/h6-7,10,13,17-19H,8-9,11-12,14-15H2,1-5H3,(H,34,39)(H2,42,43,44)/t17-,18-,19-,30+,31-/m0/s1. The van der Waals surface area contributed by atoms with E-state index in [-0.39, 0.29) is 23.8 Å². The van der Waals surface area contributed by atoms with Crippen LogP contribution in [-0.4, -0.2) is 80.1 Å². The van der Waals surface area contributed by atoms with E-state index >= 15 is 0 Å². The Kier molecular flexibility index (Phi) is 10.1. The Labute approximate surface area is 284 Å². The van der Waals surface area contributed by atoms with Crippen LogP contribution in [0.3, 0.4) is 0 Å². The van der Waals surface area contributed by atoms with Gasteiger partial charge in [-0.15, -0.1) is 0 Å². The van der Waals surface area contributed by atoms with Gasteiger partial charge in [0.2, 0.25) is 18.0 Å². The molecule has 1 aromatic carbocycles. The molecular formula is C31H37F2N4O12P. The molecule has 50 heavy (non-hydrogen) atoms. The van der Waals surface area contributed by atoms with Crippen molar-refractivity contribution in [3.8, 4) is 5.75 Å².